The lowest BCUT2D eigenvalue weighted by molar-refractivity contribution is -0.137. The van der Waals surface area contributed by atoms with E-state index in [9.17, 15) is 13.6 Å². The van der Waals surface area contributed by atoms with E-state index in [0.29, 0.717) is 18.5 Å². The zero-order valence-corrected chi connectivity index (χ0v) is 17.7. The Morgan fingerprint density at radius 2 is 2.06 bits per heavy atom. The largest absolute Gasteiger partial charge is 0.755 e. The number of aromatic nitrogens is 2. The van der Waals surface area contributed by atoms with Crippen LogP contribution in [-0.2, 0) is 29.0 Å². The minimum absolute atomic E-state index is 0.241. The molecule has 9 heteroatoms. The van der Waals surface area contributed by atoms with Crippen molar-refractivity contribution < 1.29 is 23.4 Å². The fourth-order valence-corrected chi connectivity index (χ4v) is 4.79. The average molecular weight is 441 g/mol. The van der Waals surface area contributed by atoms with Crippen LogP contribution in [0.5, 0.6) is 5.75 Å². The molecule has 4 rings (SSSR count). The Bertz CT molecular complexity index is 1110. The van der Waals surface area contributed by atoms with Crippen molar-refractivity contribution in [3.8, 4) is 16.9 Å². The third-order valence-corrected chi connectivity index (χ3v) is 6.27. The second kappa shape index (κ2) is 8.91. The molecule has 0 fully saturated rings. The number of hydrogen-bond acceptors (Lipinski definition) is 5. The lowest BCUT2D eigenvalue weighted by Gasteiger charge is -2.37. The first-order chi connectivity index (χ1) is 15.0. The van der Waals surface area contributed by atoms with Gasteiger partial charge in [-0.05, 0) is 54.7 Å². The van der Waals surface area contributed by atoms with Crippen molar-refractivity contribution in [2.24, 2.45) is 0 Å². The van der Waals surface area contributed by atoms with E-state index >= 15 is 0 Å². The number of fused-ring (bicyclic) bond motifs is 1. The van der Waals surface area contributed by atoms with Gasteiger partial charge in [0.05, 0.1) is 19.3 Å². The molecule has 0 amide bonds. The monoisotopic (exact) mass is 440 g/mol. The number of methoxy groups -OCH3 is 1. The van der Waals surface area contributed by atoms with Crippen LogP contribution in [0.1, 0.15) is 30.1 Å². The van der Waals surface area contributed by atoms with Crippen LogP contribution < -0.4 is 9.04 Å². The first kappa shape index (κ1) is 21.1. The van der Waals surface area contributed by atoms with Crippen LogP contribution >= 0.6 is 0 Å². The Morgan fingerprint density at radius 1 is 1.29 bits per heavy atom. The number of hydrogen-bond donors (Lipinski definition) is 1. The number of rotatable bonds is 7. The molecular formula is C22H22N3O5S-. The molecule has 2 aromatic carbocycles. The van der Waals surface area contributed by atoms with Gasteiger partial charge in [0.25, 0.3) is 0 Å². The fourth-order valence-electron chi connectivity index (χ4n) is 4.08. The fraction of sp³-hybridized carbons (Fsp3) is 0.273. The van der Waals surface area contributed by atoms with Gasteiger partial charge in [0.15, 0.2) is 0 Å². The lowest BCUT2D eigenvalue weighted by Crippen LogP contribution is -2.33. The summed E-state index contributed by atoms with van der Waals surface area (Å²) in [6, 6.07) is 14.5. The van der Waals surface area contributed by atoms with Crippen molar-refractivity contribution >= 4 is 22.9 Å². The molecule has 0 bridgehead atoms. The second-order valence-corrected chi connectivity index (χ2v) is 8.16. The minimum Gasteiger partial charge on any atom is -0.755 e. The molecule has 2 unspecified atom stereocenters. The predicted molar refractivity (Wildman–Crippen MR) is 115 cm³/mol. The highest BCUT2D eigenvalue weighted by molar-refractivity contribution is 7.80. The van der Waals surface area contributed by atoms with Crippen molar-refractivity contribution in [2.75, 3.05) is 11.4 Å². The van der Waals surface area contributed by atoms with Gasteiger partial charge in [-0.3, -0.25) is 18.0 Å². The van der Waals surface area contributed by atoms with Gasteiger partial charge in [0, 0.05) is 28.2 Å². The number of nitrogens with zero attached hydrogens (tertiary/aromatic N) is 3. The number of anilines is 1. The molecule has 0 spiro atoms. The Balaban J connectivity index is 1.70. The van der Waals surface area contributed by atoms with Crippen LogP contribution in [0.25, 0.3) is 11.1 Å². The summed E-state index contributed by atoms with van der Waals surface area (Å²) in [7, 11) is 1.61. The summed E-state index contributed by atoms with van der Waals surface area (Å²) in [4.78, 5) is 11.1. The molecule has 1 aliphatic carbocycles. The summed E-state index contributed by atoms with van der Waals surface area (Å²) >= 11 is -2.52. The first-order valence-corrected chi connectivity index (χ1v) is 10.9. The van der Waals surface area contributed by atoms with Gasteiger partial charge >= 0.3 is 5.97 Å². The van der Waals surface area contributed by atoms with E-state index in [1.54, 1.807) is 19.4 Å². The van der Waals surface area contributed by atoms with E-state index in [-0.39, 0.29) is 6.54 Å². The maximum Gasteiger partial charge on any atom is 0.325 e. The Hall–Kier alpha value is -3.17. The second-order valence-electron chi connectivity index (χ2n) is 7.33. The summed E-state index contributed by atoms with van der Waals surface area (Å²) in [5.74, 6) is -0.236. The van der Waals surface area contributed by atoms with E-state index < -0.39 is 23.3 Å². The maximum absolute atomic E-state index is 12.3. The molecule has 0 radical (unpaired) electrons. The maximum atomic E-state index is 12.3. The van der Waals surface area contributed by atoms with Gasteiger partial charge in [-0.1, -0.05) is 24.3 Å². The Labute approximate surface area is 182 Å². The molecule has 0 saturated heterocycles. The van der Waals surface area contributed by atoms with Gasteiger partial charge in [0.1, 0.15) is 12.3 Å². The normalized spacial score (nSPS) is 16.4. The predicted octanol–water partition coefficient (Wildman–Crippen LogP) is 3.32. The molecule has 3 aromatic rings. The van der Waals surface area contributed by atoms with Gasteiger partial charge in [-0.2, -0.15) is 5.10 Å². The Kier molecular flexibility index (Phi) is 6.06. The highest BCUT2D eigenvalue weighted by Crippen LogP contribution is 2.39. The first-order valence-electron chi connectivity index (χ1n) is 9.87. The molecule has 1 aliphatic rings. The standard InChI is InChI=1S/C22H23N3O5S/c1-30-18-10-8-15(9-11-18)16-4-2-5-17(12-16)25(31(28)29)21-7-3-6-20-19(21)13-23-24(20)14-22(26)27/h2,4-5,8-13,21H,3,6-7,14H2,1H3,(H,26,27)(H,28,29)/p-1. The Morgan fingerprint density at radius 3 is 2.74 bits per heavy atom. The van der Waals surface area contributed by atoms with Crippen LogP contribution in [0.4, 0.5) is 5.69 Å². The third-order valence-electron chi connectivity index (χ3n) is 5.48. The molecule has 0 saturated carbocycles. The van der Waals surface area contributed by atoms with Gasteiger partial charge in [-0.15, -0.1) is 0 Å². The number of carboxylic acid groups (broad SMARTS) is 1. The van der Waals surface area contributed by atoms with Crippen molar-refractivity contribution in [1.29, 1.82) is 0 Å². The van der Waals surface area contributed by atoms with Gasteiger partial charge in [-0.25, -0.2) is 0 Å². The van der Waals surface area contributed by atoms with E-state index in [4.69, 9.17) is 9.84 Å². The summed E-state index contributed by atoms with van der Waals surface area (Å²) < 4.78 is 32.6. The number of aliphatic carboxylic acids is 1. The molecule has 1 N–H and O–H groups in total. The SMILES string of the molecule is COc1ccc(-c2cccc(N(C3CCCc4c3cnn4CC(=O)O)S(=O)[O-])c2)cc1. The van der Waals surface area contributed by atoms with Crippen molar-refractivity contribution in [3.05, 3.63) is 66.0 Å². The smallest absolute Gasteiger partial charge is 0.325 e. The van der Waals surface area contributed by atoms with Crippen LogP contribution in [0.15, 0.2) is 54.7 Å². The number of ether oxygens (including phenoxy) is 1. The van der Waals surface area contributed by atoms with Crippen LogP contribution in [0.2, 0.25) is 0 Å². The summed E-state index contributed by atoms with van der Waals surface area (Å²) in [6.45, 7) is -0.241. The molecule has 1 aromatic heterocycles. The highest BCUT2D eigenvalue weighted by Gasteiger charge is 2.30. The zero-order chi connectivity index (χ0) is 22.0. The number of carbonyl (C=O) groups is 1. The van der Waals surface area contributed by atoms with Crippen molar-refractivity contribution in [3.63, 3.8) is 0 Å². The highest BCUT2D eigenvalue weighted by atomic mass is 32.2. The molecule has 0 aliphatic heterocycles. The number of carboxylic acids is 1. The van der Waals surface area contributed by atoms with E-state index in [1.165, 1.54) is 8.99 Å². The average Bonchev–Trinajstić information content (AvgIpc) is 3.17. The van der Waals surface area contributed by atoms with Crippen molar-refractivity contribution in [1.82, 2.24) is 9.78 Å². The summed E-state index contributed by atoms with van der Waals surface area (Å²) in [5, 5.41) is 13.3. The molecular weight excluding hydrogens is 418 g/mol. The third kappa shape index (κ3) is 4.33. The van der Waals surface area contributed by atoms with Crippen LogP contribution in [0, 0.1) is 0 Å². The van der Waals surface area contributed by atoms with E-state index in [0.717, 1.165) is 34.6 Å². The number of benzene rings is 2. The van der Waals surface area contributed by atoms with Crippen LogP contribution in [0.3, 0.4) is 0 Å². The topological polar surface area (TPSA) is 108 Å². The summed E-state index contributed by atoms with van der Waals surface area (Å²) in [5.41, 5.74) is 3.91. The molecule has 1 heterocycles. The lowest BCUT2D eigenvalue weighted by atomic mass is 9.92. The molecule has 2 atom stereocenters. The van der Waals surface area contributed by atoms with Crippen molar-refractivity contribution in [2.45, 2.75) is 31.8 Å². The van der Waals surface area contributed by atoms with Gasteiger partial charge in [0.2, 0.25) is 0 Å². The zero-order valence-electron chi connectivity index (χ0n) is 16.9. The van der Waals surface area contributed by atoms with Gasteiger partial charge < -0.3 is 14.4 Å². The quantitative estimate of drug-likeness (QED) is 0.565. The minimum atomic E-state index is -2.52. The van der Waals surface area contributed by atoms with E-state index in [1.807, 2.05) is 42.5 Å². The summed E-state index contributed by atoms with van der Waals surface area (Å²) in [6.07, 6.45) is 3.64. The van der Waals surface area contributed by atoms with E-state index in [2.05, 4.69) is 5.10 Å². The molecule has 31 heavy (non-hydrogen) atoms. The van der Waals surface area contributed by atoms with Crippen LogP contribution in [-0.4, -0.2) is 36.7 Å². The molecule has 8 nitrogen and oxygen atoms in total. The molecule has 162 valence electrons.